The Hall–Kier alpha value is -2.78. The van der Waals surface area contributed by atoms with Crippen LogP contribution in [0.4, 0.5) is 8.78 Å². The second kappa shape index (κ2) is 7.48. The number of thioether (sulfide) groups is 1. The highest BCUT2D eigenvalue weighted by molar-refractivity contribution is 7.98. The van der Waals surface area contributed by atoms with Gasteiger partial charge in [0.1, 0.15) is 0 Å². The summed E-state index contributed by atoms with van der Waals surface area (Å²) < 4.78 is 34.1. The van der Waals surface area contributed by atoms with Gasteiger partial charge in [0.15, 0.2) is 16.8 Å². The summed E-state index contributed by atoms with van der Waals surface area (Å²) in [6.45, 7) is 0. The average molecular weight is 447 g/mol. The van der Waals surface area contributed by atoms with Gasteiger partial charge in [0, 0.05) is 22.7 Å². The Morgan fingerprint density at radius 1 is 1.17 bits per heavy atom. The second-order valence-corrected chi connectivity index (χ2v) is 8.27. The van der Waals surface area contributed by atoms with Crippen LogP contribution in [0.25, 0.3) is 22.3 Å². The van der Waals surface area contributed by atoms with Gasteiger partial charge in [0.25, 0.3) is 5.56 Å². The zero-order valence-corrected chi connectivity index (χ0v) is 16.9. The van der Waals surface area contributed by atoms with E-state index in [1.165, 1.54) is 11.8 Å². The second-order valence-electron chi connectivity index (χ2n) is 6.89. The van der Waals surface area contributed by atoms with Crippen LogP contribution < -0.4 is 5.56 Å². The van der Waals surface area contributed by atoms with Crippen LogP contribution in [0.2, 0.25) is 5.02 Å². The Morgan fingerprint density at radius 3 is 2.73 bits per heavy atom. The number of aromatic nitrogens is 4. The van der Waals surface area contributed by atoms with Crippen molar-refractivity contribution in [2.24, 2.45) is 0 Å². The van der Waals surface area contributed by atoms with Crippen molar-refractivity contribution in [2.75, 3.05) is 0 Å². The first-order chi connectivity index (χ1) is 14.5. The maximum Gasteiger partial charge on any atom is 0.262 e. The van der Waals surface area contributed by atoms with Gasteiger partial charge in [-0.25, -0.2) is 13.8 Å². The Balaban J connectivity index is 1.46. The first kappa shape index (κ1) is 19.2. The number of nitrogens with zero attached hydrogens (tertiary/aromatic N) is 4. The van der Waals surface area contributed by atoms with E-state index in [9.17, 15) is 13.6 Å². The number of hydrogen-bond donors (Lipinski definition) is 0. The molecule has 30 heavy (non-hydrogen) atoms. The molecule has 6 nitrogen and oxygen atoms in total. The number of benzene rings is 2. The van der Waals surface area contributed by atoms with Crippen LogP contribution in [0, 0.1) is 11.6 Å². The van der Waals surface area contributed by atoms with E-state index in [0.29, 0.717) is 21.9 Å². The molecule has 2 heterocycles. The first-order valence-corrected chi connectivity index (χ1v) is 10.5. The third-order valence-electron chi connectivity index (χ3n) is 4.70. The van der Waals surface area contributed by atoms with Crippen LogP contribution in [0.1, 0.15) is 24.8 Å². The summed E-state index contributed by atoms with van der Waals surface area (Å²) in [4.78, 5) is 21.6. The summed E-state index contributed by atoms with van der Waals surface area (Å²) in [5.74, 6) is -1.10. The van der Waals surface area contributed by atoms with Crippen molar-refractivity contribution in [1.29, 1.82) is 0 Å². The van der Waals surface area contributed by atoms with Crippen LogP contribution in [-0.2, 0) is 5.75 Å². The highest BCUT2D eigenvalue weighted by Crippen LogP contribution is 2.37. The molecular formula is C20H13ClF2N4O2S. The van der Waals surface area contributed by atoms with Crippen molar-refractivity contribution in [3.63, 3.8) is 0 Å². The molecule has 0 unspecified atom stereocenters. The minimum atomic E-state index is -1.07. The molecule has 0 amide bonds. The van der Waals surface area contributed by atoms with Crippen molar-refractivity contribution in [3.05, 3.63) is 69.3 Å². The lowest BCUT2D eigenvalue weighted by Crippen LogP contribution is -2.22. The van der Waals surface area contributed by atoms with Crippen molar-refractivity contribution in [2.45, 2.75) is 29.8 Å². The van der Waals surface area contributed by atoms with Gasteiger partial charge < -0.3 is 4.52 Å². The molecule has 1 aliphatic carbocycles. The SMILES string of the molecule is O=c1c2cc(F)c(F)cc2nc(SCc2nc(-c3cccc(Cl)c3)no2)n1C1CC1. The number of hydrogen-bond acceptors (Lipinski definition) is 6. The van der Waals surface area contributed by atoms with Gasteiger partial charge in [-0.1, -0.05) is 40.7 Å². The molecule has 4 aromatic rings. The van der Waals surface area contributed by atoms with E-state index >= 15 is 0 Å². The molecule has 0 atom stereocenters. The van der Waals surface area contributed by atoms with E-state index in [1.807, 2.05) is 6.07 Å². The fourth-order valence-electron chi connectivity index (χ4n) is 3.11. The Morgan fingerprint density at radius 2 is 1.97 bits per heavy atom. The van der Waals surface area contributed by atoms with E-state index in [4.69, 9.17) is 16.1 Å². The summed E-state index contributed by atoms with van der Waals surface area (Å²) in [6, 6.07) is 8.94. The van der Waals surface area contributed by atoms with E-state index < -0.39 is 11.6 Å². The molecule has 0 saturated heterocycles. The lowest BCUT2D eigenvalue weighted by atomic mass is 10.2. The summed E-state index contributed by atoms with van der Waals surface area (Å²) in [6.07, 6.45) is 1.67. The maximum absolute atomic E-state index is 13.7. The van der Waals surface area contributed by atoms with Crippen LogP contribution in [0.3, 0.4) is 0 Å². The van der Waals surface area contributed by atoms with E-state index in [1.54, 1.807) is 22.8 Å². The van der Waals surface area contributed by atoms with Crippen molar-refractivity contribution in [1.82, 2.24) is 19.7 Å². The predicted octanol–water partition coefficient (Wildman–Crippen LogP) is 5.01. The minimum Gasteiger partial charge on any atom is -0.338 e. The molecule has 10 heteroatoms. The third-order valence-corrected chi connectivity index (χ3v) is 5.87. The molecule has 0 radical (unpaired) electrons. The number of fused-ring (bicyclic) bond motifs is 1. The number of halogens is 3. The molecule has 1 aliphatic rings. The molecule has 1 fully saturated rings. The molecule has 152 valence electrons. The zero-order valence-electron chi connectivity index (χ0n) is 15.3. The van der Waals surface area contributed by atoms with Crippen molar-refractivity contribution in [3.8, 4) is 11.4 Å². The highest BCUT2D eigenvalue weighted by Gasteiger charge is 2.29. The summed E-state index contributed by atoms with van der Waals surface area (Å²) in [7, 11) is 0. The molecule has 0 aliphatic heterocycles. The molecule has 2 aromatic carbocycles. The normalized spacial score (nSPS) is 13.8. The van der Waals surface area contributed by atoms with Gasteiger partial charge in [-0.3, -0.25) is 9.36 Å². The van der Waals surface area contributed by atoms with E-state index in [2.05, 4.69) is 15.1 Å². The number of rotatable bonds is 5. The van der Waals surface area contributed by atoms with Gasteiger partial charge in [-0.05, 0) is 31.0 Å². The monoisotopic (exact) mass is 446 g/mol. The van der Waals surface area contributed by atoms with Gasteiger partial charge >= 0.3 is 0 Å². The summed E-state index contributed by atoms with van der Waals surface area (Å²) in [5.41, 5.74) is 0.455. The first-order valence-electron chi connectivity index (χ1n) is 9.12. The zero-order chi connectivity index (χ0) is 20.8. The Labute approximate surface area is 177 Å². The molecular weight excluding hydrogens is 434 g/mol. The van der Waals surface area contributed by atoms with Crippen LogP contribution >= 0.6 is 23.4 Å². The third kappa shape index (κ3) is 3.59. The van der Waals surface area contributed by atoms with Gasteiger partial charge in [-0.15, -0.1) is 0 Å². The quantitative estimate of drug-likeness (QED) is 0.317. The Bertz CT molecular complexity index is 1340. The fraction of sp³-hybridized carbons (Fsp3) is 0.200. The highest BCUT2D eigenvalue weighted by atomic mass is 35.5. The lowest BCUT2D eigenvalue weighted by molar-refractivity contribution is 0.391. The largest absolute Gasteiger partial charge is 0.338 e. The molecule has 0 spiro atoms. The van der Waals surface area contributed by atoms with E-state index in [-0.39, 0.29) is 28.3 Å². The molecule has 0 N–H and O–H groups in total. The van der Waals surface area contributed by atoms with Gasteiger partial charge in [-0.2, -0.15) is 4.98 Å². The molecule has 2 aromatic heterocycles. The molecule has 5 rings (SSSR count). The predicted molar refractivity (Wildman–Crippen MR) is 108 cm³/mol. The lowest BCUT2D eigenvalue weighted by Gasteiger charge is -2.11. The molecule has 0 bridgehead atoms. The smallest absolute Gasteiger partial charge is 0.262 e. The van der Waals surface area contributed by atoms with Crippen molar-refractivity contribution >= 4 is 34.3 Å². The standard InChI is InChI=1S/C20H13ClF2N4O2S/c21-11-3-1-2-10(6-11)18-25-17(29-26-18)9-30-20-24-16-8-15(23)14(22)7-13(16)19(28)27(20)12-4-5-12/h1-3,6-8,12H,4-5,9H2. The van der Waals surface area contributed by atoms with Crippen molar-refractivity contribution < 1.29 is 13.3 Å². The summed E-state index contributed by atoms with van der Waals surface area (Å²) in [5, 5.41) is 4.99. The van der Waals surface area contributed by atoms with Gasteiger partial charge in [0.05, 0.1) is 16.7 Å². The maximum atomic E-state index is 13.7. The topological polar surface area (TPSA) is 73.8 Å². The van der Waals surface area contributed by atoms with Crippen LogP contribution in [0.15, 0.2) is 50.9 Å². The summed E-state index contributed by atoms with van der Waals surface area (Å²) >= 11 is 7.23. The molecule has 1 saturated carbocycles. The Kier molecular flexibility index (Phi) is 4.79. The average Bonchev–Trinajstić information content (AvgIpc) is 3.44. The van der Waals surface area contributed by atoms with Gasteiger partial charge in [0.2, 0.25) is 11.7 Å². The van der Waals surface area contributed by atoms with Crippen LogP contribution in [0.5, 0.6) is 0 Å². The minimum absolute atomic E-state index is 0.00900. The van der Waals surface area contributed by atoms with E-state index in [0.717, 1.165) is 30.5 Å². The fourth-order valence-corrected chi connectivity index (χ4v) is 4.21. The van der Waals surface area contributed by atoms with Crippen LogP contribution in [-0.4, -0.2) is 19.7 Å².